The fourth-order valence-electron chi connectivity index (χ4n) is 3.96. The summed E-state index contributed by atoms with van der Waals surface area (Å²) in [6.07, 6.45) is 0.293. The van der Waals surface area contributed by atoms with Crippen molar-refractivity contribution in [2.45, 2.75) is 33.2 Å². The quantitative estimate of drug-likeness (QED) is 0.894. The molecule has 2 atom stereocenters. The van der Waals surface area contributed by atoms with Crippen molar-refractivity contribution in [2.24, 2.45) is 13.0 Å². The van der Waals surface area contributed by atoms with Gasteiger partial charge in [-0.25, -0.2) is 4.98 Å². The first-order valence-corrected chi connectivity index (χ1v) is 8.69. The van der Waals surface area contributed by atoms with E-state index in [-0.39, 0.29) is 11.5 Å². The zero-order valence-electron chi connectivity index (χ0n) is 15.9. The molecule has 0 radical (unpaired) electrons. The number of aryl methyl sites for hydroxylation is 3. The monoisotopic (exact) mass is 345 g/mol. The van der Waals surface area contributed by atoms with Gasteiger partial charge in [0, 0.05) is 31.9 Å². The number of nitrogens with one attached hydrogen (secondary N) is 1. The molecule has 1 saturated heterocycles. The lowest BCUT2D eigenvalue weighted by Gasteiger charge is -2.22. The lowest BCUT2D eigenvalue weighted by atomic mass is 10.0. The normalized spacial score (nSPS) is 20.8. The first kappa shape index (κ1) is 17.7. The first-order valence-electron chi connectivity index (χ1n) is 8.69. The van der Waals surface area contributed by atoms with Crippen LogP contribution in [0.4, 0.5) is 0 Å². The molecule has 0 bridgehead atoms. The summed E-state index contributed by atoms with van der Waals surface area (Å²) in [4.78, 5) is 33.8. The number of aromatic nitrogens is 3. The Morgan fingerprint density at radius 2 is 2.00 bits per heavy atom. The molecule has 3 heterocycles. The second-order valence-electron chi connectivity index (χ2n) is 7.48. The molecular formula is C18H27N5O2. The second-order valence-corrected chi connectivity index (χ2v) is 7.48. The average molecular weight is 345 g/mol. The molecule has 0 spiro atoms. The van der Waals surface area contributed by atoms with Gasteiger partial charge in [0.2, 0.25) is 5.91 Å². The molecule has 2 aromatic rings. The zero-order chi connectivity index (χ0) is 18.5. The van der Waals surface area contributed by atoms with Crippen molar-refractivity contribution in [3.63, 3.8) is 0 Å². The van der Waals surface area contributed by atoms with Crippen LogP contribution in [0.5, 0.6) is 0 Å². The Labute approximate surface area is 147 Å². The van der Waals surface area contributed by atoms with Crippen LogP contribution in [-0.2, 0) is 18.3 Å². The van der Waals surface area contributed by atoms with Crippen molar-refractivity contribution in [3.8, 4) is 0 Å². The third-order valence-electron chi connectivity index (χ3n) is 5.49. The Morgan fingerprint density at radius 3 is 2.60 bits per heavy atom. The Hall–Kier alpha value is -2.15. The van der Waals surface area contributed by atoms with Crippen LogP contribution < -0.4 is 5.56 Å². The molecule has 1 amide bonds. The molecule has 0 aromatic carbocycles. The second kappa shape index (κ2) is 6.29. The minimum absolute atomic E-state index is 0.101. The number of rotatable bonds is 3. The minimum Gasteiger partial charge on any atom is -0.341 e. The summed E-state index contributed by atoms with van der Waals surface area (Å²) in [6.45, 7) is 7.53. The molecule has 25 heavy (non-hydrogen) atoms. The number of hydrogen-bond donors (Lipinski definition) is 1. The number of carbonyl (C=O) groups excluding carboxylic acids is 1. The van der Waals surface area contributed by atoms with Crippen molar-refractivity contribution in [1.82, 2.24) is 24.6 Å². The molecule has 1 aliphatic rings. The Morgan fingerprint density at radius 1 is 1.32 bits per heavy atom. The molecule has 136 valence electrons. The van der Waals surface area contributed by atoms with Crippen LogP contribution in [-0.4, -0.2) is 63.7 Å². The molecule has 1 fully saturated rings. The van der Waals surface area contributed by atoms with Crippen LogP contribution in [0.2, 0.25) is 0 Å². The third-order valence-corrected chi connectivity index (χ3v) is 5.49. The Bertz CT molecular complexity index is 880. The van der Waals surface area contributed by atoms with Gasteiger partial charge in [-0.05, 0) is 45.0 Å². The standard InChI is InChI=1S/C18H27N5O2/c1-10-8-23(9-14(10)21(4)5)15(24)7-13-11(2)16-17(19-12(13)3)20-22(6)18(16)25/h10,14H,7-9H2,1-6H3,(H,19,20). The molecule has 0 aliphatic carbocycles. The van der Waals surface area contributed by atoms with E-state index in [1.165, 1.54) is 4.68 Å². The number of amides is 1. The SMILES string of the molecule is Cc1nc2[nH]n(C)c(=O)c2c(C)c1CC(=O)N1CC(C)C(N(C)C)C1. The summed E-state index contributed by atoms with van der Waals surface area (Å²) in [6, 6.07) is 0.392. The number of pyridine rings is 1. The fourth-order valence-corrected chi connectivity index (χ4v) is 3.96. The topological polar surface area (TPSA) is 74.2 Å². The molecule has 0 saturated carbocycles. The first-order chi connectivity index (χ1) is 11.7. The van der Waals surface area contributed by atoms with Crippen LogP contribution in [0.1, 0.15) is 23.7 Å². The van der Waals surface area contributed by atoms with Crippen molar-refractivity contribution in [3.05, 3.63) is 27.2 Å². The van der Waals surface area contributed by atoms with Gasteiger partial charge in [0.25, 0.3) is 5.56 Å². The summed E-state index contributed by atoms with van der Waals surface area (Å²) < 4.78 is 1.43. The number of carbonyl (C=O) groups is 1. The summed E-state index contributed by atoms with van der Waals surface area (Å²) >= 11 is 0. The van der Waals surface area contributed by atoms with Gasteiger partial charge < -0.3 is 9.80 Å². The van der Waals surface area contributed by atoms with E-state index in [0.717, 1.165) is 29.9 Å². The van der Waals surface area contributed by atoms with Crippen LogP contribution in [0.25, 0.3) is 11.0 Å². The highest BCUT2D eigenvalue weighted by atomic mass is 16.2. The number of H-pyrrole nitrogens is 1. The van der Waals surface area contributed by atoms with Crippen molar-refractivity contribution < 1.29 is 4.79 Å². The van der Waals surface area contributed by atoms with Gasteiger partial charge in [-0.3, -0.25) is 19.4 Å². The average Bonchev–Trinajstić information content (AvgIpc) is 3.04. The molecule has 1 aliphatic heterocycles. The van der Waals surface area contributed by atoms with E-state index in [4.69, 9.17) is 0 Å². The molecule has 2 aromatic heterocycles. The molecule has 1 N–H and O–H groups in total. The number of aromatic amines is 1. The van der Waals surface area contributed by atoms with Crippen LogP contribution in [0.15, 0.2) is 4.79 Å². The number of likely N-dealkylation sites (tertiary alicyclic amines) is 1. The Balaban J connectivity index is 1.89. The molecule has 7 nitrogen and oxygen atoms in total. The fraction of sp³-hybridized carbons (Fsp3) is 0.611. The number of likely N-dealkylation sites (N-methyl/N-ethyl adjacent to an activating group) is 1. The van der Waals surface area contributed by atoms with Gasteiger partial charge in [0.1, 0.15) is 0 Å². The number of nitrogens with zero attached hydrogens (tertiary/aromatic N) is 4. The maximum atomic E-state index is 12.8. The number of hydrogen-bond acceptors (Lipinski definition) is 4. The maximum Gasteiger partial charge on any atom is 0.276 e. The predicted octanol–water partition coefficient (Wildman–Crippen LogP) is 0.829. The summed E-state index contributed by atoms with van der Waals surface area (Å²) in [5, 5.41) is 3.54. The van der Waals surface area contributed by atoms with Crippen LogP contribution in [0.3, 0.4) is 0 Å². The highest BCUT2D eigenvalue weighted by Gasteiger charge is 2.33. The lowest BCUT2D eigenvalue weighted by Crippen LogP contribution is -2.36. The van der Waals surface area contributed by atoms with Gasteiger partial charge in [0.15, 0.2) is 5.65 Å². The lowest BCUT2D eigenvalue weighted by molar-refractivity contribution is -0.129. The summed E-state index contributed by atoms with van der Waals surface area (Å²) in [5.74, 6) is 0.564. The number of fused-ring (bicyclic) bond motifs is 1. The minimum atomic E-state index is -0.101. The molecule has 3 rings (SSSR count). The van der Waals surface area contributed by atoms with Crippen molar-refractivity contribution >= 4 is 16.9 Å². The summed E-state index contributed by atoms with van der Waals surface area (Å²) in [7, 11) is 5.79. The van der Waals surface area contributed by atoms with E-state index in [9.17, 15) is 9.59 Å². The molecular weight excluding hydrogens is 318 g/mol. The maximum absolute atomic E-state index is 12.8. The zero-order valence-corrected chi connectivity index (χ0v) is 15.9. The molecule has 2 unspecified atom stereocenters. The van der Waals surface area contributed by atoms with Gasteiger partial charge in [-0.1, -0.05) is 6.92 Å². The Kier molecular flexibility index (Phi) is 4.45. The van der Waals surface area contributed by atoms with Crippen LogP contribution >= 0.6 is 0 Å². The van der Waals surface area contributed by atoms with Crippen LogP contribution in [0, 0.1) is 19.8 Å². The largest absolute Gasteiger partial charge is 0.341 e. The van der Waals surface area contributed by atoms with Gasteiger partial charge in [0.05, 0.1) is 11.8 Å². The van der Waals surface area contributed by atoms with Crippen molar-refractivity contribution in [2.75, 3.05) is 27.2 Å². The predicted molar refractivity (Wildman–Crippen MR) is 97.7 cm³/mol. The van der Waals surface area contributed by atoms with Gasteiger partial charge >= 0.3 is 0 Å². The van der Waals surface area contributed by atoms with E-state index in [2.05, 4.69) is 36.0 Å². The summed E-state index contributed by atoms with van der Waals surface area (Å²) in [5.41, 5.74) is 3.01. The molecule has 7 heteroatoms. The van der Waals surface area contributed by atoms with Gasteiger partial charge in [-0.15, -0.1) is 0 Å². The van der Waals surface area contributed by atoms with E-state index in [1.54, 1.807) is 7.05 Å². The van der Waals surface area contributed by atoms with E-state index in [0.29, 0.717) is 29.4 Å². The highest BCUT2D eigenvalue weighted by molar-refractivity contribution is 5.84. The van der Waals surface area contributed by atoms with E-state index in [1.807, 2.05) is 18.7 Å². The van der Waals surface area contributed by atoms with E-state index < -0.39 is 0 Å². The van der Waals surface area contributed by atoms with Gasteiger partial charge in [-0.2, -0.15) is 0 Å². The smallest absolute Gasteiger partial charge is 0.276 e. The van der Waals surface area contributed by atoms with Crippen molar-refractivity contribution in [1.29, 1.82) is 0 Å². The van der Waals surface area contributed by atoms with E-state index >= 15 is 0 Å². The third kappa shape index (κ3) is 2.97. The highest BCUT2D eigenvalue weighted by Crippen LogP contribution is 2.24.